The van der Waals surface area contributed by atoms with Crippen molar-refractivity contribution in [3.8, 4) is 0 Å². The maximum Gasteiger partial charge on any atom is 0.0136 e. The normalized spacial score (nSPS) is 24.8. The molecule has 1 fully saturated rings. The molecule has 1 aliphatic rings. The first-order valence-corrected chi connectivity index (χ1v) is 7.17. The van der Waals surface area contributed by atoms with Gasteiger partial charge in [-0.15, -0.1) is 0 Å². The molecular formula is C16H25N. The SMILES string of the molecule is CCNC1CCCCC1c1ccc(CC)cc1. The van der Waals surface area contributed by atoms with Gasteiger partial charge in [0.25, 0.3) is 0 Å². The van der Waals surface area contributed by atoms with Gasteiger partial charge in [0, 0.05) is 6.04 Å². The molecule has 1 aliphatic carbocycles. The first-order valence-electron chi connectivity index (χ1n) is 7.17. The van der Waals surface area contributed by atoms with E-state index >= 15 is 0 Å². The molecule has 1 nitrogen and oxygen atoms in total. The van der Waals surface area contributed by atoms with Gasteiger partial charge in [-0.25, -0.2) is 0 Å². The van der Waals surface area contributed by atoms with Crippen molar-refractivity contribution < 1.29 is 0 Å². The van der Waals surface area contributed by atoms with Crippen molar-refractivity contribution in [2.75, 3.05) is 6.54 Å². The van der Waals surface area contributed by atoms with Gasteiger partial charge in [0.2, 0.25) is 0 Å². The largest absolute Gasteiger partial charge is 0.314 e. The lowest BCUT2D eigenvalue weighted by Gasteiger charge is -2.32. The summed E-state index contributed by atoms with van der Waals surface area (Å²) in [5.74, 6) is 0.731. The van der Waals surface area contributed by atoms with E-state index < -0.39 is 0 Å². The number of likely N-dealkylation sites (N-methyl/N-ethyl adjacent to an activating group) is 1. The quantitative estimate of drug-likeness (QED) is 0.829. The third kappa shape index (κ3) is 3.10. The lowest BCUT2D eigenvalue weighted by Crippen LogP contribution is -2.37. The zero-order chi connectivity index (χ0) is 12.1. The summed E-state index contributed by atoms with van der Waals surface area (Å²) in [5, 5.41) is 3.66. The van der Waals surface area contributed by atoms with Crippen LogP contribution in [0.5, 0.6) is 0 Å². The molecule has 1 aromatic carbocycles. The Morgan fingerprint density at radius 3 is 2.41 bits per heavy atom. The summed E-state index contributed by atoms with van der Waals surface area (Å²) >= 11 is 0. The molecular weight excluding hydrogens is 206 g/mol. The van der Waals surface area contributed by atoms with Crippen LogP contribution in [0.2, 0.25) is 0 Å². The van der Waals surface area contributed by atoms with Gasteiger partial charge < -0.3 is 5.32 Å². The number of benzene rings is 1. The van der Waals surface area contributed by atoms with E-state index in [0.29, 0.717) is 6.04 Å². The van der Waals surface area contributed by atoms with Crippen LogP contribution >= 0.6 is 0 Å². The van der Waals surface area contributed by atoms with Crippen LogP contribution in [0, 0.1) is 0 Å². The molecule has 1 N–H and O–H groups in total. The van der Waals surface area contributed by atoms with Crippen molar-refractivity contribution in [2.45, 2.75) is 57.9 Å². The smallest absolute Gasteiger partial charge is 0.0136 e. The van der Waals surface area contributed by atoms with Crippen LogP contribution in [0.4, 0.5) is 0 Å². The Hall–Kier alpha value is -0.820. The zero-order valence-corrected chi connectivity index (χ0v) is 11.2. The Morgan fingerprint density at radius 2 is 1.76 bits per heavy atom. The standard InChI is InChI=1S/C16H25N/c1-3-13-9-11-14(12-10-13)15-7-5-6-8-16(15)17-4-2/h9-12,15-17H,3-8H2,1-2H3. The maximum atomic E-state index is 3.66. The van der Waals surface area contributed by atoms with E-state index in [2.05, 4.69) is 43.4 Å². The molecule has 17 heavy (non-hydrogen) atoms. The average molecular weight is 231 g/mol. The molecule has 0 aliphatic heterocycles. The van der Waals surface area contributed by atoms with Crippen molar-refractivity contribution in [3.63, 3.8) is 0 Å². The molecule has 2 rings (SSSR count). The minimum absolute atomic E-state index is 0.696. The monoisotopic (exact) mass is 231 g/mol. The highest BCUT2D eigenvalue weighted by molar-refractivity contribution is 5.27. The average Bonchev–Trinajstić information content (AvgIpc) is 2.40. The second-order valence-electron chi connectivity index (χ2n) is 5.15. The van der Waals surface area contributed by atoms with Crippen molar-refractivity contribution in [1.29, 1.82) is 0 Å². The van der Waals surface area contributed by atoms with Crippen LogP contribution in [0.3, 0.4) is 0 Å². The summed E-state index contributed by atoms with van der Waals surface area (Å²) in [6.45, 7) is 5.52. The number of nitrogens with one attached hydrogen (secondary N) is 1. The second kappa shape index (κ2) is 6.20. The van der Waals surface area contributed by atoms with Gasteiger partial charge in [-0.1, -0.05) is 51.0 Å². The van der Waals surface area contributed by atoms with Gasteiger partial charge >= 0.3 is 0 Å². The van der Waals surface area contributed by atoms with E-state index in [1.807, 2.05) is 0 Å². The van der Waals surface area contributed by atoms with E-state index in [4.69, 9.17) is 0 Å². The summed E-state index contributed by atoms with van der Waals surface area (Å²) in [7, 11) is 0. The fourth-order valence-corrected chi connectivity index (χ4v) is 3.04. The third-order valence-electron chi connectivity index (χ3n) is 4.05. The minimum Gasteiger partial charge on any atom is -0.314 e. The van der Waals surface area contributed by atoms with Gasteiger partial charge in [-0.2, -0.15) is 0 Å². The summed E-state index contributed by atoms with van der Waals surface area (Å²) < 4.78 is 0. The lowest BCUT2D eigenvalue weighted by molar-refractivity contribution is 0.332. The maximum absolute atomic E-state index is 3.66. The van der Waals surface area contributed by atoms with Crippen LogP contribution in [-0.2, 0) is 6.42 Å². The molecule has 1 saturated carbocycles. The fourth-order valence-electron chi connectivity index (χ4n) is 3.04. The Kier molecular flexibility index (Phi) is 4.61. The highest BCUT2D eigenvalue weighted by Crippen LogP contribution is 2.33. The fraction of sp³-hybridized carbons (Fsp3) is 0.625. The van der Waals surface area contributed by atoms with E-state index in [1.165, 1.54) is 36.8 Å². The van der Waals surface area contributed by atoms with Gasteiger partial charge in [0.1, 0.15) is 0 Å². The number of rotatable bonds is 4. The first-order chi connectivity index (χ1) is 8.35. The molecule has 1 aromatic rings. The molecule has 0 aromatic heterocycles. The van der Waals surface area contributed by atoms with Crippen LogP contribution in [-0.4, -0.2) is 12.6 Å². The summed E-state index contributed by atoms with van der Waals surface area (Å²) in [5.41, 5.74) is 2.98. The van der Waals surface area contributed by atoms with Crippen LogP contribution in [0.1, 0.15) is 56.6 Å². The van der Waals surface area contributed by atoms with Crippen LogP contribution < -0.4 is 5.32 Å². The summed E-state index contributed by atoms with van der Waals surface area (Å²) in [6.07, 6.45) is 6.61. The molecule has 94 valence electrons. The van der Waals surface area contributed by atoms with Gasteiger partial charge in [-0.05, 0) is 42.9 Å². The molecule has 0 saturated heterocycles. The highest BCUT2D eigenvalue weighted by atomic mass is 14.9. The van der Waals surface area contributed by atoms with Gasteiger partial charge in [0.05, 0.1) is 0 Å². The topological polar surface area (TPSA) is 12.0 Å². The minimum atomic E-state index is 0.696. The number of hydrogen-bond acceptors (Lipinski definition) is 1. The Labute approximate surface area is 106 Å². The Bertz CT molecular complexity index is 326. The third-order valence-corrected chi connectivity index (χ3v) is 4.05. The molecule has 0 spiro atoms. The lowest BCUT2D eigenvalue weighted by atomic mass is 9.80. The van der Waals surface area contributed by atoms with Crippen molar-refractivity contribution in [1.82, 2.24) is 5.32 Å². The highest BCUT2D eigenvalue weighted by Gasteiger charge is 2.25. The number of aryl methyl sites for hydroxylation is 1. The van der Waals surface area contributed by atoms with Crippen molar-refractivity contribution in [3.05, 3.63) is 35.4 Å². The van der Waals surface area contributed by atoms with E-state index in [1.54, 1.807) is 0 Å². The van der Waals surface area contributed by atoms with Crippen molar-refractivity contribution in [2.24, 2.45) is 0 Å². The second-order valence-corrected chi connectivity index (χ2v) is 5.15. The van der Waals surface area contributed by atoms with Gasteiger partial charge in [-0.3, -0.25) is 0 Å². The van der Waals surface area contributed by atoms with E-state index in [0.717, 1.165) is 18.9 Å². The van der Waals surface area contributed by atoms with E-state index in [9.17, 15) is 0 Å². The molecule has 0 amide bonds. The molecule has 0 heterocycles. The van der Waals surface area contributed by atoms with Crippen LogP contribution in [0.15, 0.2) is 24.3 Å². The van der Waals surface area contributed by atoms with Crippen LogP contribution in [0.25, 0.3) is 0 Å². The van der Waals surface area contributed by atoms with Gasteiger partial charge in [0.15, 0.2) is 0 Å². The first kappa shape index (κ1) is 12.6. The predicted octanol–water partition coefficient (Wildman–Crippen LogP) is 3.88. The number of hydrogen-bond donors (Lipinski definition) is 1. The molecule has 0 bridgehead atoms. The van der Waals surface area contributed by atoms with E-state index in [-0.39, 0.29) is 0 Å². The predicted molar refractivity (Wildman–Crippen MR) is 74.5 cm³/mol. The molecule has 0 radical (unpaired) electrons. The molecule has 1 heteroatoms. The Morgan fingerprint density at radius 1 is 1.06 bits per heavy atom. The zero-order valence-electron chi connectivity index (χ0n) is 11.2. The van der Waals surface area contributed by atoms with Crippen molar-refractivity contribution >= 4 is 0 Å². The summed E-state index contributed by atoms with van der Waals surface area (Å²) in [6, 6.07) is 9.99. The molecule has 2 atom stereocenters. The molecule has 2 unspecified atom stereocenters. The Balaban J connectivity index is 2.11. The summed E-state index contributed by atoms with van der Waals surface area (Å²) in [4.78, 5) is 0.